The van der Waals surface area contributed by atoms with Crippen LogP contribution in [0.2, 0.25) is 0 Å². The summed E-state index contributed by atoms with van der Waals surface area (Å²) < 4.78 is 0. The maximum absolute atomic E-state index is 9.04. The van der Waals surface area contributed by atoms with E-state index in [0.29, 0.717) is 6.04 Å². The highest BCUT2D eigenvalue weighted by atomic mass is 15.2. The molecule has 0 aliphatic heterocycles. The van der Waals surface area contributed by atoms with Crippen LogP contribution in [0.25, 0.3) is 0 Å². The molecule has 0 heterocycles. The van der Waals surface area contributed by atoms with Crippen LogP contribution in [0, 0.1) is 11.3 Å². The lowest BCUT2D eigenvalue weighted by Crippen LogP contribution is -2.43. The van der Waals surface area contributed by atoms with E-state index >= 15 is 0 Å². The average Bonchev–Trinajstić information content (AvgIpc) is 3.07. The third kappa shape index (κ3) is 4.11. The minimum absolute atomic E-state index is 0.0302. The summed E-state index contributed by atoms with van der Waals surface area (Å²) in [6, 6.07) is 3.01. The summed E-state index contributed by atoms with van der Waals surface area (Å²) in [4.78, 5) is 2.35. The Kier molecular flexibility index (Phi) is 4.76. The molecule has 0 saturated heterocycles. The van der Waals surface area contributed by atoms with Crippen LogP contribution in [0.5, 0.6) is 0 Å². The van der Waals surface area contributed by atoms with Gasteiger partial charge in [-0.1, -0.05) is 6.92 Å². The largest absolute Gasteiger partial charge is 0.301 e. The maximum atomic E-state index is 9.04. The van der Waals surface area contributed by atoms with E-state index in [9.17, 15) is 0 Å². The van der Waals surface area contributed by atoms with E-state index in [4.69, 9.17) is 5.26 Å². The van der Waals surface area contributed by atoms with Crippen molar-refractivity contribution in [3.63, 3.8) is 0 Å². The van der Waals surface area contributed by atoms with E-state index in [1.165, 1.54) is 12.8 Å². The molecule has 1 unspecified atom stereocenters. The minimum atomic E-state index is 0.0302. The third-order valence-electron chi connectivity index (χ3n) is 3.82. The molecule has 1 rings (SSSR count). The SMILES string of the molecule is CCC(C)(C)N(C)CCC(C#N)NC1CC1. The van der Waals surface area contributed by atoms with Crippen molar-refractivity contribution in [1.29, 1.82) is 5.26 Å². The fraction of sp³-hybridized carbons (Fsp3) is 0.923. The van der Waals surface area contributed by atoms with Crippen LogP contribution < -0.4 is 5.32 Å². The summed E-state index contributed by atoms with van der Waals surface area (Å²) in [5.41, 5.74) is 0.236. The summed E-state index contributed by atoms with van der Waals surface area (Å²) in [7, 11) is 2.15. The zero-order chi connectivity index (χ0) is 12.2. The maximum Gasteiger partial charge on any atom is 0.0967 e. The fourth-order valence-corrected chi connectivity index (χ4v) is 1.61. The highest BCUT2D eigenvalue weighted by Gasteiger charge is 2.26. The first kappa shape index (κ1) is 13.5. The first-order valence-electron chi connectivity index (χ1n) is 6.36. The number of nitrogens with zero attached hydrogens (tertiary/aromatic N) is 2. The van der Waals surface area contributed by atoms with Gasteiger partial charge in [0, 0.05) is 18.1 Å². The van der Waals surface area contributed by atoms with E-state index in [0.717, 1.165) is 19.4 Å². The van der Waals surface area contributed by atoms with Crippen LogP contribution in [-0.2, 0) is 0 Å². The number of nitriles is 1. The van der Waals surface area contributed by atoms with Gasteiger partial charge in [-0.3, -0.25) is 5.32 Å². The van der Waals surface area contributed by atoms with Gasteiger partial charge in [0.1, 0.15) is 0 Å². The molecule has 0 spiro atoms. The van der Waals surface area contributed by atoms with Gasteiger partial charge in [-0.2, -0.15) is 5.26 Å². The van der Waals surface area contributed by atoms with Gasteiger partial charge in [-0.15, -0.1) is 0 Å². The Morgan fingerprint density at radius 2 is 2.12 bits per heavy atom. The molecule has 3 heteroatoms. The van der Waals surface area contributed by atoms with Crippen molar-refractivity contribution in [3.05, 3.63) is 0 Å². The van der Waals surface area contributed by atoms with Crippen molar-refractivity contribution in [3.8, 4) is 6.07 Å². The zero-order valence-corrected chi connectivity index (χ0v) is 11.1. The second-order valence-corrected chi connectivity index (χ2v) is 5.50. The van der Waals surface area contributed by atoms with Crippen molar-refractivity contribution < 1.29 is 0 Å². The summed E-state index contributed by atoms with van der Waals surface area (Å²) in [6.07, 6.45) is 4.55. The Hall–Kier alpha value is -0.590. The molecule has 1 atom stereocenters. The Morgan fingerprint density at radius 1 is 1.50 bits per heavy atom. The van der Waals surface area contributed by atoms with E-state index in [-0.39, 0.29) is 11.6 Å². The molecule has 0 amide bonds. The molecule has 0 radical (unpaired) electrons. The summed E-state index contributed by atoms with van der Waals surface area (Å²) >= 11 is 0. The van der Waals surface area contributed by atoms with Crippen LogP contribution in [0.4, 0.5) is 0 Å². The van der Waals surface area contributed by atoms with Gasteiger partial charge in [-0.05, 0) is 46.6 Å². The highest BCUT2D eigenvalue weighted by Crippen LogP contribution is 2.21. The van der Waals surface area contributed by atoms with Crippen molar-refractivity contribution in [1.82, 2.24) is 10.2 Å². The topological polar surface area (TPSA) is 39.1 Å². The molecule has 1 aliphatic rings. The van der Waals surface area contributed by atoms with Gasteiger partial charge in [-0.25, -0.2) is 0 Å². The lowest BCUT2D eigenvalue weighted by Gasteiger charge is -2.35. The fourth-order valence-electron chi connectivity index (χ4n) is 1.61. The van der Waals surface area contributed by atoms with Crippen LogP contribution in [0.15, 0.2) is 0 Å². The lowest BCUT2D eigenvalue weighted by molar-refractivity contribution is 0.146. The molecule has 1 fully saturated rings. The Balaban J connectivity index is 2.28. The molecule has 16 heavy (non-hydrogen) atoms. The molecule has 1 aliphatic carbocycles. The number of hydrogen-bond acceptors (Lipinski definition) is 3. The highest BCUT2D eigenvalue weighted by molar-refractivity contribution is 4.96. The van der Waals surface area contributed by atoms with E-state index < -0.39 is 0 Å². The van der Waals surface area contributed by atoms with E-state index in [1.807, 2.05) is 0 Å². The summed E-state index contributed by atoms with van der Waals surface area (Å²) in [5.74, 6) is 0. The van der Waals surface area contributed by atoms with Crippen molar-refractivity contribution >= 4 is 0 Å². The van der Waals surface area contributed by atoms with E-state index in [1.54, 1.807) is 0 Å². The second kappa shape index (κ2) is 5.65. The molecule has 0 aromatic heterocycles. The number of rotatable bonds is 7. The van der Waals surface area contributed by atoms with Crippen LogP contribution in [0.1, 0.15) is 46.5 Å². The Bertz CT molecular complexity index is 250. The average molecular weight is 223 g/mol. The predicted molar refractivity (Wildman–Crippen MR) is 67.2 cm³/mol. The summed E-state index contributed by atoms with van der Waals surface area (Å²) in [6.45, 7) is 7.70. The number of nitrogens with one attached hydrogen (secondary N) is 1. The lowest BCUT2D eigenvalue weighted by atomic mass is 9.99. The first-order valence-corrected chi connectivity index (χ1v) is 6.36. The number of hydrogen-bond donors (Lipinski definition) is 1. The molecule has 0 bridgehead atoms. The predicted octanol–water partition coefficient (Wildman–Crippen LogP) is 2.14. The molecule has 1 N–H and O–H groups in total. The van der Waals surface area contributed by atoms with Crippen LogP contribution >= 0.6 is 0 Å². The van der Waals surface area contributed by atoms with Gasteiger partial charge < -0.3 is 4.90 Å². The molecular weight excluding hydrogens is 198 g/mol. The molecule has 1 saturated carbocycles. The summed E-state index contributed by atoms with van der Waals surface area (Å²) in [5, 5.41) is 12.4. The van der Waals surface area contributed by atoms with Gasteiger partial charge in [0.2, 0.25) is 0 Å². The monoisotopic (exact) mass is 223 g/mol. The van der Waals surface area contributed by atoms with E-state index in [2.05, 4.69) is 44.1 Å². The van der Waals surface area contributed by atoms with Gasteiger partial charge >= 0.3 is 0 Å². The van der Waals surface area contributed by atoms with Gasteiger partial charge in [0.15, 0.2) is 0 Å². The third-order valence-corrected chi connectivity index (χ3v) is 3.82. The first-order chi connectivity index (χ1) is 7.49. The Morgan fingerprint density at radius 3 is 2.56 bits per heavy atom. The van der Waals surface area contributed by atoms with Crippen LogP contribution in [0.3, 0.4) is 0 Å². The minimum Gasteiger partial charge on any atom is -0.301 e. The standard InChI is InChI=1S/C13H25N3/c1-5-13(2,3)16(4)9-8-12(10-14)15-11-6-7-11/h11-12,15H,5-9H2,1-4H3. The molecule has 3 nitrogen and oxygen atoms in total. The van der Waals surface area contributed by atoms with Crippen molar-refractivity contribution in [2.24, 2.45) is 0 Å². The molecular formula is C13H25N3. The molecule has 0 aromatic rings. The smallest absolute Gasteiger partial charge is 0.0967 e. The zero-order valence-electron chi connectivity index (χ0n) is 11.1. The molecule has 0 aromatic carbocycles. The van der Waals surface area contributed by atoms with Crippen molar-refractivity contribution in [2.45, 2.75) is 64.1 Å². The normalized spacial score (nSPS) is 18.5. The second-order valence-electron chi connectivity index (χ2n) is 5.50. The van der Waals surface area contributed by atoms with Crippen molar-refractivity contribution in [2.75, 3.05) is 13.6 Å². The Labute approximate surface area is 99.8 Å². The molecule has 92 valence electrons. The quantitative estimate of drug-likeness (QED) is 0.718. The van der Waals surface area contributed by atoms with Crippen LogP contribution in [-0.4, -0.2) is 36.1 Å². The van der Waals surface area contributed by atoms with Gasteiger partial charge in [0.25, 0.3) is 0 Å². The van der Waals surface area contributed by atoms with Gasteiger partial charge in [0.05, 0.1) is 12.1 Å².